The molecule has 1 aromatic carbocycles. The summed E-state index contributed by atoms with van der Waals surface area (Å²) in [5.74, 6) is 1.07. The summed E-state index contributed by atoms with van der Waals surface area (Å²) in [5.41, 5.74) is 2.59. The molecule has 0 saturated carbocycles. The minimum absolute atomic E-state index is 0.459. The first kappa shape index (κ1) is 12.8. The molecule has 0 aromatic heterocycles. The predicted octanol–water partition coefficient (Wildman–Crippen LogP) is 3.54. The van der Waals surface area contributed by atoms with Crippen LogP contribution in [0.3, 0.4) is 0 Å². The molecule has 0 aliphatic carbocycles. The van der Waals surface area contributed by atoms with Crippen LogP contribution in [0.15, 0.2) is 17.0 Å². The molecule has 1 atom stereocenters. The predicted molar refractivity (Wildman–Crippen MR) is 74.1 cm³/mol. The van der Waals surface area contributed by atoms with E-state index in [9.17, 15) is 0 Å². The Morgan fingerprint density at radius 1 is 1.35 bits per heavy atom. The molecule has 94 valence electrons. The van der Waals surface area contributed by atoms with Crippen LogP contribution in [0, 0.1) is 6.92 Å². The molecule has 0 radical (unpaired) electrons. The Bertz CT molecular complexity index is 386. The molecule has 2 nitrogen and oxygen atoms in total. The van der Waals surface area contributed by atoms with Crippen LogP contribution in [0.2, 0.25) is 0 Å². The molecule has 1 N–H and O–H groups in total. The Morgan fingerprint density at radius 2 is 2.18 bits per heavy atom. The fourth-order valence-electron chi connectivity index (χ4n) is 2.57. The molecular weight excluding hydrogens is 230 g/mol. The van der Waals surface area contributed by atoms with E-state index in [4.69, 9.17) is 4.74 Å². The fraction of sp³-hybridized carbons (Fsp3) is 0.571. The molecule has 3 heteroatoms. The number of piperidine rings is 1. The van der Waals surface area contributed by atoms with Crippen molar-refractivity contribution in [1.82, 2.24) is 5.32 Å². The lowest BCUT2D eigenvalue weighted by Gasteiger charge is -2.27. The SMILES string of the molecule is COc1c(C)ccc(SC)c1C1CCCCN1. The summed E-state index contributed by atoms with van der Waals surface area (Å²) in [6, 6.07) is 4.83. The van der Waals surface area contributed by atoms with Gasteiger partial charge in [0.2, 0.25) is 0 Å². The zero-order valence-electron chi connectivity index (χ0n) is 10.9. The Balaban J connectivity index is 2.43. The van der Waals surface area contributed by atoms with Crippen LogP contribution in [0.25, 0.3) is 0 Å². The molecule has 1 heterocycles. The lowest BCUT2D eigenvalue weighted by Crippen LogP contribution is -2.27. The van der Waals surface area contributed by atoms with E-state index in [0.717, 1.165) is 12.3 Å². The Kier molecular flexibility index (Phi) is 4.35. The first-order chi connectivity index (χ1) is 8.27. The van der Waals surface area contributed by atoms with Crippen LogP contribution in [-0.4, -0.2) is 19.9 Å². The molecule has 1 aliphatic rings. The van der Waals surface area contributed by atoms with Crippen molar-refractivity contribution in [2.75, 3.05) is 19.9 Å². The van der Waals surface area contributed by atoms with E-state index in [-0.39, 0.29) is 0 Å². The van der Waals surface area contributed by atoms with Crippen LogP contribution in [-0.2, 0) is 0 Å². The van der Waals surface area contributed by atoms with Crippen LogP contribution < -0.4 is 10.1 Å². The summed E-state index contributed by atoms with van der Waals surface area (Å²) in [6.07, 6.45) is 5.95. The number of thioether (sulfide) groups is 1. The Hall–Kier alpha value is -0.670. The molecule has 1 fully saturated rings. The van der Waals surface area contributed by atoms with Crippen LogP contribution in [0.5, 0.6) is 5.75 Å². The van der Waals surface area contributed by atoms with Crippen molar-refractivity contribution in [2.24, 2.45) is 0 Å². The highest BCUT2D eigenvalue weighted by molar-refractivity contribution is 7.98. The third-order valence-electron chi connectivity index (χ3n) is 3.44. The number of methoxy groups -OCH3 is 1. The van der Waals surface area contributed by atoms with Gasteiger partial charge in [0.25, 0.3) is 0 Å². The third kappa shape index (κ3) is 2.61. The molecule has 1 aromatic rings. The second-order valence-corrected chi connectivity index (χ2v) is 5.38. The Labute approximate surface area is 108 Å². The second kappa shape index (κ2) is 5.78. The number of hydrogen-bond donors (Lipinski definition) is 1. The van der Waals surface area contributed by atoms with Crippen molar-refractivity contribution in [1.29, 1.82) is 0 Å². The van der Waals surface area contributed by atoms with Crippen LogP contribution in [0.1, 0.15) is 36.4 Å². The van der Waals surface area contributed by atoms with Gasteiger partial charge in [0.05, 0.1) is 7.11 Å². The van der Waals surface area contributed by atoms with Gasteiger partial charge >= 0.3 is 0 Å². The van der Waals surface area contributed by atoms with Crippen molar-refractivity contribution >= 4 is 11.8 Å². The van der Waals surface area contributed by atoms with E-state index >= 15 is 0 Å². The summed E-state index contributed by atoms with van der Waals surface area (Å²) < 4.78 is 5.62. The highest BCUT2D eigenvalue weighted by atomic mass is 32.2. The first-order valence-electron chi connectivity index (χ1n) is 6.22. The summed E-state index contributed by atoms with van der Waals surface area (Å²) in [4.78, 5) is 1.34. The van der Waals surface area contributed by atoms with Crippen molar-refractivity contribution < 1.29 is 4.74 Å². The van der Waals surface area contributed by atoms with Gasteiger partial charge in [0.15, 0.2) is 0 Å². The van der Waals surface area contributed by atoms with Crippen LogP contribution >= 0.6 is 11.8 Å². The molecule has 1 saturated heterocycles. The average Bonchev–Trinajstić information content (AvgIpc) is 2.39. The molecular formula is C14H21NOS. The van der Waals surface area contributed by atoms with E-state index in [1.165, 1.54) is 35.3 Å². The smallest absolute Gasteiger partial charge is 0.127 e. The highest BCUT2D eigenvalue weighted by Gasteiger charge is 2.22. The summed E-state index contributed by atoms with van der Waals surface area (Å²) in [5, 5.41) is 3.62. The molecule has 1 unspecified atom stereocenters. The molecule has 1 aliphatic heterocycles. The van der Waals surface area contributed by atoms with E-state index in [1.54, 1.807) is 7.11 Å². The lowest BCUT2D eigenvalue weighted by molar-refractivity contribution is 0.367. The van der Waals surface area contributed by atoms with Gasteiger partial charge in [-0.15, -0.1) is 11.8 Å². The van der Waals surface area contributed by atoms with Gasteiger partial charge in [-0.2, -0.15) is 0 Å². The molecule has 0 spiro atoms. The van der Waals surface area contributed by atoms with Crippen molar-refractivity contribution in [3.8, 4) is 5.75 Å². The number of hydrogen-bond acceptors (Lipinski definition) is 3. The monoisotopic (exact) mass is 251 g/mol. The van der Waals surface area contributed by atoms with Crippen molar-refractivity contribution in [2.45, 2.75) is 37.1 Å². The van der Waals surface area contributed by atoms with E-state index in [2.05, 4.69) is 30.6 Å². The van der Waals surface area contributed by atoms with Gasteiger partial charge in [-0.3, -0.25) is 0 Å². The maximum atomic E-state index is 5.62. The Morgan fingerprint density at radius 3 is 2.76 bits per heavy atom. The first-order valence-corrected chi connectivity index (χ1v) is 7.45. The fourth-order valence-corrected chi connectivity index (χ4v) is 3.23. The van der Waals surface area contributed by atoms with Gasteiger partial charge in [-0.1, -0.05) is 12.5 Å². The number of benzene rings is 1. The lowest BCUT2D eigenvalue weighted by atomic mass is 9.95. The average molecular weight is 251 g/mol. The zero-order chi connectivity index (χ0) is 12.3. The summed E-state index contributed by atoms with van der Waals surface area (Å²) >= 11 is 1.81. The van der Waals surface area contributed by atoms with E-state index < -0.39 is 0 Å². The minimum Gasteiger partial charge on any atom is -0.496 e. The third-order valence-corrected chi connectivity index (χ3v) is 4.23. The second-order valence-electron chi connectivity index (χ2n) is 4.53. The largest absolute Gasteiger partial charge is 0.496 e. The standard InChI is InChI=1S/C14H21NOS/c1-10-7-8-12(17-3)13(14(10)16-2)11-6-4-5-9-15-11/h7-8,11,15H,4-6,9H2,1-3H3. The number of rotatable bonds is 3. The van der Waals surface area contributed by atoms with Crippen molar-refractivity contribution in [3.05, 3.63) is 23.3 Å². The molecule has 17 heavy (non-hydrogen) atoms. The van der Waals surface area contributed by atoms with Gasteiger partial charge in [0, 0.05) is 16.5 Å². The van der Waals surface area contributed by atoms with Crippen molar-refractivity contribution in [3.63, 3.8) is 0 Å². The zero-order valence-corrected chi connectivity index (χ0v) is 11.7. The molecule has 0 amide bonds. The van der Waals surface area contributed by atoms with E-state index in [0.29, 0.717) is 6.04 Å². The number of ether oxygens (including phenoxy) is 1. The number of aryl methyl sites for hydroxylation is 1. The van der Waals surface area contributed by atoms with Crippen LogP contribution in [0.4, 0.5) is 0 Å². The quantitative estimate of drug-likeness (QED) is 0.830. The topological polar surface area (TPSA) is 21.3 Å². The summed E-state index contributed by atoms with van der Waals surface area (Å²) in [6.45, 7) is 3.24. The summed E-state index contributed by atoms with van der Waals surface area (Å²) in [7, 11) is 1.78. The van der Waals surface area contributed by atoms with Gasteiger partial charge in [-0.25, -0.2) is 0 Å². The molecule has 2 rings (SSSR count). The van der Waals surface area contributed by atoms with E-state index in [1.807, 2.05) is 11.8 Å². The minimum atomic E-state index is 0.459. The highest BCUT2D eigenvalue weighted by Crippen LogP contribution is 2.39. The van der Waals surface area contributed by atoms with Gasteiger partial charge in [0.1, 0.15) is 5.75 Å². The van der Waals surface area contributed by atoms with Gasteiger partial charge < -0.3 is 10.1 Å². The number of nitrogens with one attached hydrogen (secondary N) is 1. The molecule has 0 bridgehead atoms. The maximum absolute atomic E-state index is 5.62. The normalized spacial score (nSPS) is 20.3. The van der Waals surface area contributed by atoms with Gasteiger partial charge in [-0.05, 0) is 44.2 Å². The maximum Gasteiger partial charge on any atom is 0.127 e.